The summed E-state index contributed by atoms with van der Waals surface area (Å²) in [5.41, 5.74) is 0.236. The summed E-state index contributed by atoms with van der Waals surface area (Å²) in [7, 11) is 0. The van der Waals surface area contributed by atoms with Crippen LogP contribution in [0.15, 0.2) is 23.1 Å². The lowest BCUT2D eigenvalue weighted by atomic mass is 9.93. The van der Waals surface area contributed by atoms with Crippen LogP contribution in [0.4, 0.5) is 0 Å². The molecule has 1 aliphatic rings. The minimum Gasteiger partial charge on any atom is -0.485 e. The minimum absolute atomic E-state index is 0.132. The zero-order valence-electron chi connectivity index (χ0n) is 8.20. The molecule has 0 bridgehead atoms. The Kier molecular flexibility index (Phi) is 2.07. The second-order valence-corrected chi connectivity index (χ2v) is 4.60. The molecule has 0 aliphatic carbocycles. The fourth-order valence-corrected chi connectivity index (χ4v) is 1.90. The first-order chi connectivity index (χ1) is 6.49. The Balaban J connectivity index is 2.56. The minimum atomic E-state index is -0.414. The van der Waals surface area contributed by atoms with Crippen molar-refractivity contribution in [2.75, 3.05) is 0 Å². The smallest absolute Gasteiger partial charge is 0.170 e. The molecule has 0 fully saturated rings. The number of thiol groups is 1. The molecule has 1 heterocycles. The second kappa shape index (κ2) is 3.02. The molecule has 0 spiro atoms. The topological polar surface area (TPSA) is 26.3 Å². The van der Waals surface area contributed by atoms with Gasteiger partial charge in [-0.3, -0.25) is 4.79 Å². The van der Waals surface area contributed by atoms with Crippen LogP contribution in [0.2, 0.25) is 0 Å². The Morgan fingerprint density at radius 3 is 2.86 bits per heavy atom. The molecule has 14 heavy (non-hydrogen) atoms. The Morgan fingerprint density at radius 2 is 2.14 bits per heavy atom. The van der Waals surface area contributed by atoms with Crippen LogP contribution in [0.25, 0.3) is 0 Å². The van der Waals surface area contributed by atoms with Crippen molar-refractivity contribution in [1.29, 1.82) is 0 Å². The lowest BCUT2D eigenvalue weighted by molar-refractivity contribution is 0.0603. The van der Waals surface area contributed by atoms with Crippen molar-refractivity contribution in [2.24, 2.45) is 0 Å². The lowest BCUT2D eigenvalue weighted by Crippen LogP contribution is -2.36. The fourth-order valence-electron chi connectivity index (χ4n) is 1.65. The average Bonchev–Trinajstić information content (AvgIpc) is 2.05. The van der Waals surface area contributed by atoms with E-state index in [2.05, 4.69) is 12.6 Å². The average molecular weight is 208 g/mol. The number of carbonyl (C=O) groups is 1. The van der Waals surface area contributed by atoms with E-state index in [1.165, 1.54) is 0 Å². The van der Waals surface area contributed by atoms with Crippen LogP contribution in [0, 0.1) is 0 Å². The highest BCUT2D eigenvalue weighted by atomic mass is 32.1. The first kappa shape index (κ1) is 9.59. The number of ketones is 1. The number of carbonyl (C=O) groups excluding carboxylic acids is 1. The number of Topliss-reactive ketones (excluding diaryl/α,β-unsaturated/α-hetero) is 1. The molecule has 0 saturated heterocycles. The maximum atomic E-state index is 11.7. The van der Waals surface area contributed by atoms with Gasteiger partial charge in [-0.25, -0.2) is 0 Å². The van der Waals surface area contributed by atoms with Gasteiger partial charge in [-0.05, 0) is 26.0 Å². The number of benzene rings is 1. The Labute approximate surface area is 88.7 Å². The highest BCUT2D eigenvalue weighted by Gasteiger charge is 2.33. The summed E-state index contributed by atoms with van der Waals surface area (Å²) in [5.74, 6) is 0.754. The number of hydrogen-bond acceptors (Lipinski definition) is 3. The number of ether oxygens (including phenoxy) is 1. The standard InChI is InChI=1S/C11H12O2S/c1-11(2)6-8(12)7-4-3-5-9(14)10(7)13-11/h3-5,14H,6H2,1-2H3. The molecule has 0 aromatic heterocycles. The third-order valence-corrected chi connectivity index (χ3v) is 2.61. The first-order valence-corrected chi connectivity index (χ1v) is 4.98. The Hall–Kier alpha value is -0.960. The van der Waals surface area contributed by atoms with Gasteiger partial charge in [0, 0.05) is 4.90 Å². The third-order valence-electron chi connectivity index (χ3n) is 2.26. The Bertz CT molecular complexity index is 396. The van der Waals surface area contributed by atoms with E-state index in [1.807, 2.05) is 26.0 Å². The van der Waals surface area contributed by atoms with Gasteiger partial charge in [0.2, 0.25) is 0 Å². The summed E-state index contributed by atoms with van der Waals surface area (Å²) >= 11 is 4.28. The van der Waals surface area contributed by atoms with E-state index < -0.39 is 5.60 Å². The normalized spacial score (nSPS) is 18.6. The maximum Gasteiger partial charge on any atom is 0.170 e. The molecule has 0 saturated carbocycles. The van der Waals surface area contributed by atoms with Crippen molar-refractivity contribution >= 4 is 18.4 Å². The molecule has 2 rings (SSSR count). The lowest BCUT2D eigenvalue weighted by Gasteiger charge is -2.32. The zero-order valence-corrected chi connectivity index (χ0v) is 9.10. The first-order valence-electron chi connectivity index (χ1n) is 4.54. The predicted molar refractivity (Wildman–Crippen MR) is 57.3 cm³/mol. The van der Waals surface area contributed by atoms with E-state index in [1.54, 1.807) is 6.07 Å². The van der Waals surface area contributed by atoms with E-state index in [0.717, 1.165) is 4.90 Å². The molecule has 74 valence electrons. The summed E-state index contributed by atoms with van der Waals surface area (Å²) in [6.45, 7) is 3.82. The molecule has 3 heteroatoms. The molecule has 0 atom stereocenters. The van der Waals surface area contributed by atoms with Crippen LogP contribution < -0.4 is 4.74 Å². The van der Waals surface area contributed by atoms with Crippen LogP contribution in [-0.4, -0.2) is 11.4 Å². The largest absolute Gasteiger partial charge is 0.485 e. The highest BCUT2D eigenvalue weighted by Crippen LogP contribution is 2.37. The van der Waals surface area contributed by atoms with Crippen molar-refractivity contribution in [3.8, 4) is 5.75 Å². The zero-order chi connectivity index (χ0) is 10.3. The van der Waals surface area contributed by atoms with Crippen molar-refractivity contribution in [1.82, 2.24) is 0 Å². The van der Waals surface area contributed by atoms with Crippen LogP contribution in [-0.2, 0) is 0 Å². The van der Waals surface area contributed by atoms with Gasteiger partial charge < -0.3 is 4.74 Å². The monoisotopic (exact) mass is 208 g/mol. The molecule has 0 N–H and O–H groups in total. The van der Waals surface area contributed by atoms with Gasteiger partial charge >= 0.3 is 0 Å². The molecule has 1 aromatic carbocycles. The van der Waals surface area contributed by atoms with Crippen molar-refractivity contribution in [3.63, 3.8) is 0 Å². The summed E-state index contributed by atoms with van der Waals surface area (Å²) in [5, 5.41) is 0. The molecule has 1 aromatic rings. The molecular formula is C11H12O2S. The van der Waals surface area contributed by atoms with Crippen molar-refractivity contribution in [3.05, 3.63) is 23.8 Å². The summed E-state index contributed by atoms with van der Waals surface area (Å²) < 4.78 is 5.72. The molecule has 1 aliphatic heterocycles. The van der Waals surface area contributed by atoms with E-state index in [0.29, 0.717) is 17.7 Å². The molecule has 0 unspecified atom stereocenters. The van der Waals surface area contributed by atoms with Gasteiger partial charge in [-0.15, -0.1) is 12.6 Å². The quantitative estimate of drug-likeness (QED) is 0.663. The van der Waals surface area contributed by atoms with Gasteiger partial charge in [-0.2, -0.15) is 0 Å². The van der Waals surface area contributed by atoms with Gasteiger partial charge in [-0.1, -0.05) is 6.07 Å². The molecule has 0 radical (unpaired) electrons. The van der Waals surface area contributed by atoms with E-state index in [4.69, 9.17) is 4.74 Å². The van der Waals surface area contributed by atoms with E-state index in [-0.39, 0.29) is 5.78 Å². The third kappa shape index (κ3) is 1.52. The molecule has 0 amide bonds. The second-order valence-electron chi connectivity index (χ2n) is 4.12. The van der Waals surface area contributed by atoms with Crippen molar-refractivity contribution in [2.45, 2.75) is 30.8 Å². The highest BCUT2D eigenvalue weighted by molar-refractivity contribution is 7.80. The van der Waals surface area contributed by atoms with Crippen LogP contribution in [0.5, 0.6) is 5.75 Å². The fraction of sp³-hybridized carbons (Fsp3) is 0.364. The summed E-state index contributed by atoms with van der Waals surface area (Å²) in [6, 6.07) is 5.43. The van der Waals surface area contributed by atoms with E-state index in [9.17, 15) is 4.79 Å². The molecule has 2 nitrogen and oxygen atoms in total. The summed E-state index contributed by atoms with van der Waals surface area (Å²) in [4.78, 5) is 12.5. The number of fused-ring (bicyclic) bond motifs is 1. The number of hydrogen-bond donors (Lipinski definition) is 1. The van der Waals surface area contributed by atoms with Crippen molar-refractivity contribution < 1.29 is 9.53 Å². The number of para-hydroxylation sites is 1. The van der Waals surface area contributed by atoms with Crippen LogP contribution >= 0.6 is 12.6 Å². The van der Waals surface area contributed by atoms with Gasteiger partial charge in [0.1, 0.15) is 11.4 Å². The molecular weight excluding hydrogens is 196 g/mol. The Morgan fingerprint density at radius 1 is 1.43 bits per heavy atom. The SMILES string of the molecule is CC1(C)CC(=O)c2cccc(S)c2O1. The maximum absolute atomic E-state index is 11.7. The van der Waals surface area contributed by atoms with Crippen LogP contribution in [0.3, 0.4) is 0 Å². The van der Waals surface area contributed by atoms with Gasteiger partial charge in [0.25, 0.3) is 0 Å². The van der Waals surface area contributed by atoms with Gasteiger partial charge in [0.05, 0.1) is 12.0 Å². The summed E-state index contributed by atoms with van der Waals surface area (Å²) in [6.07, 6.45) is 0.428. The van der Waals surface area contributed by atoms with E-state index >= 15 is 0 Å². The number of rotatable bonds is 0. The predicted octanol–water partition coefficient (Wildman–Crippen LogP) is 2.72. The van der Waals surface area contributed by atoms with Crippen LogP contribution in [0.1, 0.15) is 30.6 Å². The van der Waals surface area contributed by atoms with Gasteiger partial charge in [0.15, 0.2) is 5.78 Å².